The molecule has 3 aromatic rings. The largest absolute Gasteiger partial charge is 0.432 e. The highest BCUT2D eigenvalue weighted by Gasteiger charge is 2.42. The third-order valence-corrected chi connectivity index (χ3v) is 7.37. The van der Waals surface area contributed by atoms with Gasteiger partial charge in [0.25, 0.3) is 0 Å². The van der Waals surface area contributed by atoms with Crippen LogP contribution in [0.5, 0.6) is 5.75 Å². The number of ether oxygens (including phenoxy) is 1. The molecule has 0 atom stereocenters. The maximum Gasteiger partial charge on any atom is 0.432 e. The van der Waals surface area contributed by atoms with Crippen LogP contribution in [0.4, 0.5) is 35.1 Å². The molecule has 0 unspecified atom stereocenters. The van der Waals surface area contributed by atoms with Gasteiger partial charge in [0.2, 0.25) is 0 Å². The molecule has 2 fully saturated rings. The Labute approximate surface area is 208 Å². The van der Waals surface area contributed by atoms with Crippen molar-refractivity contribution in [3.8, 4) is 16.9 Å². The number of halogens is 8. The molecule has 0 amide bonds. The van der Waals surface area contributed by atoms with Gasteiger partial charge in [0.1, 0.15) is 28.8 Å². The molecule has 37 heavy (non-hydrogen) atoms. The number of rotatable bonds is 6. The molecule has 1 nitrogen and oxygen atoms in total. The second kappa shape index (κ2) is 9.65. The van der Waals surface area contributed by atoms with E-state index in [1.165, 1.54) is 25.0 Å². The lowest BCUT2D eigenvalue weighted by Crippen LogP contribution is -2.25. The van der Waals surface area contributed by atoms with Crippen LogP contribution < -0.4 is 4.74 Å². The van der Waals surface area contributed by atoms with Crippen LogP contribution in [-0.4, -0.2) is 0 Å². The molecule has 5 rings (SSSR count). The van der Waals surface area contributed by atoms with Crippen molar-refractivity contribution < 1.29 is 39.9 Å². The van der Waals surface area contributed by atoms with Crippen molar-refractivity contribution in [1.82, 2.24) is 0 Å². The fraction of sp³-hybridized carbons (Fsp3) is 0.357. The van der Waals surface area contributed by atoms with Crippen LogP contribution in [-0.2, 0) is 6.11 Å². The van der Waals surface area contributed by atoms with Crippen molar-refractivity contribution in [1.29, 1.82) is 0 Å². The molecule has 0 spiro atoms. The fourth-order valence-electron chi connectivity index (χ4n) is 5.31. The highest BCUT2D eigenvalue weighted by Crippen LogP contribution is 2.47. The summed E-state index contributed by atoms with van der Waals surface area (Å²) in [5, 5.41) is 0. The van der Waals surface area contributed by atoms with Gasteiger partial charge in [0, 0.05) is 17.7 Å². The first-order valence-corrected chi connectivity index (χ1v) is 12.0. The lowest BCUT2D eigenvalue weighted by molar-refractivity contribution is -0.189. The molecule has 196 valence electrons. The van der Waals surface area contributed by atoms with Gasteiger partial charge in [-0.25, -0.2) is 26.3 Å². The topological polar surface area (TPSA) is 9.23 Å². The van der Waals surface area contributed by atoms with Crippen LogP contribution in [0.3, 0.4) is 0 Å². The minimum Gasteiger partial charge on any atom is -0.429 e. The molecule has 2 aliphatic carbocycles. The Bertz CT molecular complexity index is 1280. The van der Waals surface area contributed by atoms with E-state index >= 15 is 0 Å². The van der Waals surface area contributed by atoms with Crippen molar-refractivity contribution in [2.45, 2.75) is 50.6 Å². The molecule has 0 radical (unpaired) electrons. The lowest BCUT2D eigenvalue weighted by Gasteiger charge is -2.29. The summed E-state index contributed by atoms with van der Waals surface area (Å²) in [4.78, 5) is 0. The summed E-state index contributed by atoms with van der Waals surface area (Å²) in [7, 11) is 0. The Kier molecular flexibility index (Phi) is 6.66. The second-order valence-electron chi connectivity index (χ2n) is 9.82. The van der Waals surface area contributed by atoms with E-state index in [4.69, 9.17) is 0 Å². The smallest absolute Gasteiger partial charge is 0.429 e. The maximum atomic E-state index is 15.0. The summed E-state index contributed by atoms with van der Waals surface area (Å²) in [6, 6.07) is 5.65. The second-order valence-corrected chi connectivity index (χ2v) is 9.82. The molecule has 2 aliphatic rings. The number of alkyl halides is 2. The third-order valence-electron chi connectivity index (χ3n) is 7.37. The van der Waals surface area contributed by atoms with Gasteiger partial charge < -0.3 is 4.74 Å². The molecule has 0 saturated heterocycles. The summed E-state index contributed by atoms with van der Waals surface area (Å²) in [5.74, 6) is -9.27. The van der Waals surface area contributed by atoms with Crippen molar-refractivity contribution in [3.05, 3.63) is 88.5 Å². The highest BCUT2D eigenvalue weighted by atomic mass is 19.3. The Hall–Kier alpha value is -3.10. The summed E-state index contributed by atoms with van der Waals surface area (Å²) in [6.45, 7) is 0. The van der Waals surface area contributed by atoms with Gasteiger partial charge in [-0.3, -0.25) is 0 Å². The van der Waals surface area contributed by atoms with Crippen LogP contribution in [0.2, 0.25) is 0 Å². The van der Waals surface area contributed by atoms with E-state index in [0.717, 1.165) is 43.1 Å². The highest BCUT2D eigenvalue weighted by molar-refractivity contribution is 5.65. The zero-order valence-electron chi connectivity index (χ0n) is 19.4. The molecule has 2 saturated carbocycles. The fourth-order valence-corrected chi connectivity index (χ4v) is 5.31. The Morgan fingerprint density at radius 2 is 1.16 bits per heavy atom. The first kappa shape index (κ1) is 25.5. The average molecular weight is 526 g/mol. The standard InChI is InChI=1S/C28H22F8O/c29-21-9-17(16-5-3-15(4-6-16)14-1-2-14)7-8-20(21)18-10-22(30)26(23(31)11-18)28(35,36)37-19-12-24(32)27(34)25(33)13-19/h7-16H,1-6H2. The molecule has 9 heteroatoms. The minimum atomic E-state index is -4.72. The van der Waals surface area contributed by atoms with E-state index in [-0.39, 0.29) is 29.2 Å². The quantitative estimate of drug-likeness (QED) is 0.230. The number of hydrogen-bond donors (Lipinski definition) is 0. The van der Waals surface area contributed by atoms with Crippen LogP contribution in [0, 0.1) is 46.7 Å². The number of benzene rings is 3. The van der Waals surface area contributed by atoms with Gasteiger partial charge >= 0.3 is 6.11 Å². The molecule has 0 heterocycles. The summed E-state index contributed by atoms with van der Waals surface area (Å²) < 4.78 is 117. The first-order valence-electron chi connectivity index (χ1n) is 12.0. The zero-order chi connectivity index (χ0) is 26.5. The Morgan fingerprint density at radius 3 is 1.68 bits per heavy atom. The van der Waals surface area contributed by atoms with Crippen molar-refractivity contribution in [2.24, 2.45) is 11.8 Å². The van der Waals surface area contributed by atoms with E-state index in [2.05, 4.69) is 4.74 Å². The molecule has 0 aromatic heterocycles. The first-order chi connectivity index (χ1) is 17.5. The van der Waals surface area contributed by atoms with Crippen molar-refractivity contribution in [2.75, 3.05) is 0 Å². The van der Waals surface area contributed by atoms with Crippen LogP contribution in [0.25, 0.3) is 11.1 Å². The normalized spacial score (nSPS) is 20.2. The van der Waals surface area contributed by atoms with E-state index in [1.807, 2.05) is 0 Å². The molecule has 3 aromatic carbocycles. The molecule has 0 bridgehead atoms. The van der Waals surface area contributed by atoms with E-state index in [9.17, 15) is 35.1 Å². The van der Waals surface area contributed by atoms with Gasteiger partial charge in [0.05, 0.1) is 0 Å². The Morgan fingerprint density at radius 1 is 0.622 bits per heavy atom. The third kappa shape index (κ3) is 5.18. The van der Waals surface area contributed by atoms with Gasteiger partial charge in [-0.05, 0) is 85.6 Å². The van der Waals surface area contributed by atoms with E-state index in [0.29, 0.717) is 12.1 Å². The molecular weight excluding hydrogens is 504 g/mol. The molecule has 0 N–H and O–H groups in total. The molecular formula is C28H22F8O. The predicted octanol–water partition coefficient (Wildman–Crippen LogP) is 9.00. The summed E-state index contributed by atoms with van der Waals surface area (Å²) >= 11 is 0. The van der Waals surface area contributed by atoms with Crippen LogP contribution in [0.15, 0.2) is 42.5 Å². The van der Waals surface area contributed by atoms with Crippen molar-refractivity contribution in [3.63, 3.8) is 0 Å². The van der Waals surface area contributed by atoms with Crippen LogP contribution >= 0.6 is 0 Å². The zero-order valence-corrected chi connectivity index (χ0v) is 19.4. The average Bonchev–Trinajstić information content (AvgIpc) is 3.67. The Balaban J connectivity index is 1.37. The minimum absolute atomic E-state index is 0.117. The van der Waals surface area contributed by atoms with Crippen molar-refractivity contribution >= 4 is 0 Å². The SMILES string of the molecule is Fc1cc(C2CCC(C3CC3)CC2)ccc1-c1cc(F)c(C(F)(F)Oc2cc(F)c(F)c(F)c2)c(F)c1. The van der Waals surface area contributed by atoms with Crippen LogP contribution in [0.1, 0.15) is 55.6 Å². The van der Waals surface area contributed by atoms with Gasteiger partial charge in [-0.2, -0.15) is 8.78 Å². The molecule has 0 aliphatic heterocycles. The summed E-state index contributed by atoms with van der Waals surface area (Å²) in [5.41, 5.74) is -1.54. The van der Waals surface area contributed by atoms with E-state index in [1.54, 1.807) is 6.07 Å². The maximum absolute atomic E-state index is 15.0. The predicted molar refractivity (Wildman–Crippen MR) is 120 cm³/mol. The van der Waals surface area contributed by atoms with Gasteiger partial charge in [-0.1, -0.05) is 12.1 Å². The van der Waals surface area contributed by atoms with Gasteiger partial charge in [-0.15, -0.1) is 0 Å². The lowest BCUT2D eigenvalue weighted by atomic mass is 9.76. The monoisotopic (exact) mass is 526 g/mol. The van der Waals surface area contributed by atoms with E-state index < -0.39 is 52.3 Å². The van der Waals surface area contributed by atoms with Gasteiger partial charge in [0.15, 0.2) is 17.5 Å². The summed E-state index contributed by atoms with van der Waals surface area (Å²) in [6.07, 6.45) is 1.90. The number of hydrogen-bond acceptors (Lipinski definition) is 1.